The maximum absolute atomic E-state index is 4.81. The lowest BCUT2D eigenvalue weighted by Crippen LogP contribution is -2.44. The Labute approximate surface area is 127 Å². The van der Waals surface area contributed by atoms with E-state index in [1.54, 1.807) is 0 Å². The summed E-state index contributed by atoms with van der Waals surface area (Å²) < 4.78 is 0. The second-order valence-electron chi connectivity index (χ2n) is 6.13. The van der Waals surface area contributed by atoms with E-state index in [1.807, 2.05) is 11.8 Å². The van der Waals surface area contributed by atoms with Crippen molar-refractivity contribution in [2.75, 3.05) is 5.75 Å². The van der Waals surface area contributed by atoms with Crippen LogP contribution in [0.4, 0.5) is 0 Å². The number of thioether (sulfide) groups is 1. The third-order valence-electron chi connectivity index (χ3n) is 3.79. The number of hydrogen-bond donors (Lipinski definition) is 1. The highest BCUT2D eigenvalue weighted by Crippen LogP contribution is 2.21. The molecule has 1 atom stereocenters. The molecule has 0 amide bonds. The van der Waals surface area contributed by atoms with Gasteiger partial charge in [0.25, 0.3) is 0 Å². The molecule has 1 aliphatic rings. The van der Waals surface area contributed by atoms with Crippen LogP contribution in [-0.2, 0) is 6.42 Å². The fourth-order valence-electron chi connectivity index (χ4n) is 2.38. The van der Waals surface area contributed by atoms with E-state index in [9.17, 15) is 0 Å². The number of benzene rings is 1. The Balaban J connectivity index is 1.88. The number of aliphatic imine (C=N–C) groups is 1. The van der Waals surface area contributed by atoms with Crippen molar-refractivity contribution in [1.82, 2.24) is 5.32 Å². The lowest BCUT2D eigenvalue weighted by Gasteiger charge is -2.30. The Kier molecular flexibility index (Phi) is 5.53. The molecule has 1 heterocycles. The molecule has 0 spiro atoms. The number of rotatable bonds is 5. The summed E-state index contributed by atoms with van der Waals surface area (Å²) in [5, 5.41) is 4.78. The Bertz CT molecular complexity index is 440. The molecular formula is C17H26N2S. The van der Waals surface area contributed by atoms with Gasteiger partial charge in [0.15, 0.2) is 5.17 Å². The number of nitrogens with one attached hydrogen (secondary N) is 1. The minimum Gasteiger partial charge on any atom is -0.360 e. The molecule has 0 aliphatic carbocycles. The molecule has 0 saturated heterocycles. The van der Waals surface area contributed by atoms with E-state index in [2.05, 4.69) is 56.4 Å². The summed E-state index contributed by atoms with van der Waals surface area (Å²) in [7, 11) is 0. The van der Waals surface area contributed by atoms with Crippen molar-refractivity contribution in [3.63, 3.8) is 0 Å². The summed E-state index contributed by atoms with van der Waals surface area (Å²) >= 11 is 1.87. The molecule has 20 heavy (non-hydrogen) atoms. The topological polar surface area (TPSA) is 24.4 Å². The SMILES string of the molecule is CCC1CCSC(NC(C)(C)CCc2ccccc2)=N1. The Hall–Kier alpha value is -0.960. The summed E-state index contributed by atoms with van der Waals surface area (Å²) in [5.74, 6) is 1.19. The Morgan fingerprint density at radius 1 is 1.30 bits per heavy atom. The maximum Gasteiger partial charge on any atom is 0.157 e. The quantitative estimate of drug-likeness (QED) is 0.876. The molecular weight excluding hydrogens is 264 g/mol. The van der Waals surface area contributed by atoms with Crippen LogP contribution in [0.5, 0.6) is 0 Å². The fraction of sp³-hybridized carbons (Fsp3) is 0.588. The first-order valence-electron chi connectivity index (χ1n) is 7.62. The molecule has 2 nitrogen and oxygen atoms in total. The third kappa shape index (κ3) is 4.86. The summed E-state index contributed by atoms with van der Waals surface area (Å²) in [6.45, 7) is 6.77. The van der Waals surface area contributed by atoms with E-state index < -0.39 is 0 Å². The van der Waals surface area contributed by atoms with Gasteiger partial charge in [0.1, 0.15) is 0 Å². The Morgan fingerprint density at radius 2 is 2.05 bits per heavy atom. The summed E-state index contributed by atoms with van der Waals surface area (Å²) in [4.78, 5) is 4.81. The molecule has 1 aromatic carbocycles. The number of aryl methyl sites for hydroxylation is 1. The van der Waals surface area contributed by atoms with E-state index in [-0.39, 0.29) is 5.54 Å². The minimum atomic E-state index is 0.0945. The van der Waals surface area contributed by atoms with E-state index in [0.29, 0.717) is 6.04 Å². The van der Waals surface area contributed by atoms with Gasteiger partial charge in [0.2, 0.25) is 0 Å². The van der Waals surface area contributed by atoms with Crippen LogP contribution in [0.25, 0.3) is 0 Å². The summed E-state index contributed by atoms with van der Waals surface area (Å²) in [6.07, 6.45) is 4.59. The number of nitrogens with zero attached hydrogens (tertiary/aromatic N) is 1. The number of amidine groups is 1. The zero-order valence-corrected chi connectivity index (χ0v) is 13.7. The minimum absolute atomic E-state index is 0.0945. The van der Waals surface area contributed by atoms with Crippen molar-refractivity contribution in [1.29, 1.82) is 0 Å². The van der Waals surface area contributed by atoms with Crippen LogP contribution in [0, 0.1) is 0 Å². The standard InChI is InChI=1S/C17H26N2S/c1-4-15-11-13-20-16(18-15)19-17(2,3)12-10-14-8-6-5-7-9-14/h5-9,15H,4,10-13H2,1-3H3,(H,18,19). The molecule has 0 fully saturated rings. The molecule has 0 radical (unpaired) electrons. The second-order valence-corrected chi connectivity index (χ2v) is 7.21. The largest absolute Gasteiger partial charge is 0.360 e. The molecule has 110 valence electrons. The van der Waals surface area contributed by atoms with E-state index in [1.165, 1.54) is 17.7 Å². The highest BCUT2D eigenvalue weighted by Gasteiger charge is 2.22. The molecule has 1 unspecified atom stereocenters. The van der Waals surface area contributed by atoms with Gasteiger partial charge in [0, 0.05) is 11.3 Å². The molecule has 0 saturated carbocycles. The van der Waals surface area contributed by atoms with Gasteiger partial charge in [-0.05, 0) is 45.1 Å². The van der Waals surface area contributed by atoms with E-state index in [4.69, 9.17) is 4.99 Å². The van der Waals surface area contributed by atoms with Gasteiger partial charge in [-0.15, -0.1) is 0 Å². The molecule has 0 aromatic heterocycles. The van der Waals surface area contributed by atoms with Crippen LogP contribution < -0.4 is 5.32 Å². The van der Waals surface area contributed by atoms with Gasteiger partial charge in [0.05, 0.1) is 6.04 Å². The Morgan fingerprint density at radius 3 is 2.75 bits per heavy atom. The van der Waals surface area contributed by atoms with Crippen LogP contribution in [0.3, 0.4) is 0 Å². The smallest absolute Gasteiger partial charge is 0.157 e. The molecule has 1 aliphatic heterocycles. The molecule has 2 rings (SSSR count). The van der Waals surface area contributed by atoms with Gasteiger partial charge >= 0.3 is 0 Å². The van der Waals surface area contributed by atoms with Crippen molar-refractivity contribution < 1.29 is 0 Å². The van der Waals surface area contributed by atoms with Crippen molar-refractivity contribution in [2.24, 2.45) is 4.99 Å². The molecule has 0 bridgehead atoms. The van der Waals surface area contributed by atoms with Gasteiger partial charge < -0.3 is 5.32 Å². The van der Waals surface area contributed by atoms with Gasteiger partial charge in [-0.1, -0.05) is 49.0 Å². The average Bonchev–Trinajstić information content (AvgIpc) is 2.46. The third-order valence-corrected chi connectivity index (χ3v) is 4.71. The van der Waals surface area contributed by atoms with Gasteiger partial charge in [-0.25, -0.2) is 0 Å². The van der Waals surface area contributed by atoms with Gasteiger partial charge in [-0.2, -0.15) is 0 Å². The first-order chi connectivity index (χ1) is 9.59. The van der Waals surface area contributed by atoms with Crippen molar-refractivity contribution in [2.45, 2.75) is 58.0 Å². The zero-order chi connectivity index (χ0) is 14.4. The van der Waals surface area contributed by atoms with Crippen LogP contribution in [0.2, 0.25) is 0 Å². The van der Waals surface area contributed by atoms with E-state index in [0.717, 1.165) is 24.4 Å². The van der Waals surface area contributed by atoms with Crippen LogP contribution in [0.1, 0.15) is 45.6 Å². The summed E-state index contributed by atoms with van der Waals surface area (Å²) in [6, 6.07) is 11.2. The van der Waals surface area contributed by atoms with E-state index >= 15 is 0 Å². The average molecular weight is 290 g/mol. The maximum atomic E-state index is 4.81. The van der Waals surface area contributed by atoms with Crippen molar-refractivity contribution >= 4 is 16.9 Å². The molecule has 3 heteroatoms. The van der Waals surface area contributed by atoms with Crippen LogP contribution in [-0.4, -0.2) is 22.5 Å². The monoisotopic (exact) mass is 290 g/mol. The lowest BCUT2D eigenvalue weighted by atomic mass is 9.95. The first-order valence-corrected chi connectivity index (χ1v) is 8.60. The van der Waals surface area contributed by atoms with Gasteiger partial charge in [-0.3, -0.25) is 4.99 Å². The second kappa shape index (κ2) is 7.16. The zero-order valence-electron chi connectivity index (χ0n) is 12.9. The van der Waals surface area contributed by atoms with Crippen molar-refractivity contribution in [3.05, 3.63) is 35.9 Å². The normalized spacial score (nSPS) is 19.6. The van der Waals surface area contributed by atoms with Crippen LogP contribution >= 0.6 is 11.8 Å². The first kappa shape index (κ1) is 15.4. The molecule has 1 aromatic rings. The highest BCUT2D eigenvalue weighted by molar-refractivity contribution is 8.13. The summed E-state index contributed by atoms with van der Waals surface area (Å²) in [5.41, 5.74) is 1.50. The van der Waals surface area contributed by atoms with Crippen LogP contribution in [0.15, 0.2) is 35.3 Å². The predicted molar refractivity (Wildman–Crippen MR) is 90.6 cm³/mol. The van der Waals surface area contributed by atoms with Crippen molar-refractivity contribution in [3.8, 4) is 0 Å². The fourth-order valence-corrected chi connectivity index (χ4v) is 3.53. The predicted octanol–water partition coefficient (Wildman–Crippen LogP) is 4.26. The lowest BCUT2D eigenvalue weighted by molar-refractivity contribution is 0.426. The molecule has 1 N–H and O–H groups in total. The highest BCUT2D eigenvalue weighted by atomic mass is 32.2. The number of hydrogen-bond acceptors (Lipinski definition) is 3.